The molecule has 0 radical (unpaired) electrons. The van der Waals surface area contributed by atoms with Gasteiger partial charge >= 0.3 is 0 Å². The summed E-state index contributed by atoms with van der Waals surface area (Å²) in [5.74, 6) is 1.21. The molecule has 29 heavy (non-hydrogen) atoms. The predicted octanol–water partition coefficient (Wildman–Crippen LogP) is 4.17. The first-order valence-electron chi connectivity index (χ1n) is 8.41. The number of benzene rings is 2. The Morgan fingerprint density at radius 2 is 1.90 bits per heavy atom. The Kier molecular flexibility index (Phi) is 5.87. The number of methoxy groups -OCH3 is 2. The van der Waals surface area contributed by atoms with Gasteiger partial charge in [0, 0.05) is 0 Å². The number of ether oxygens (including phenoxy) is 2. The van der Waals surface area contributed by atoms with Crippen LogP contribution in [0.25, 0.3) is 17.3 Å². The maximum Gasteiger partial charge on any atom is 0.174 e. The minimum absolute atomic E-state index is 0.140. The standard InChI is InChI=1S/C21H16BrN5O2/c1-28-18-10-13(9-17(22)20(18)29-2)8-14(11-23)19-16(12-24)21(25)27(26-19)15-6-4-3-5-7-15/h3-10H,25H2,1-2H3/b14-8+. The van der Waals surface area contributed by atoms with Crippen LogP contribution in [0.4, 0.5) is 5.82 Å². The molecule has 0 saturated heterocycles. The largest absolute Gasteiger partial charge is 0.493 e. The van der Waals surface area contributed by atoms with Crippen molar-refractivity contribution in [1.82, 2.24) is 9.78 Å². The molecule has 0 bridgehead atoms. The van der Waals surface area contributed by atoms with Crippen molar-refractivity contribution in [1.29, 1.82) is 10.5 Å². The molecular formula is C21H16BrN5O2. The highest BCUT2D eigenvalue weighted by atomic mass is 79.9. The Hall–Kier alpha value is -3.75. The molecule has 1 aromatic heterocycles. The first-order valence-corrected chi connectivity index (χ1v) is 9.21. The van der Waals surface area contributed by atoms with Gasteiger partial charge in [0.15, 0.2) is 11.5 Å². The highest BCUT2D eigenvalue weighted by molar-refractivity contribution is 9.10. The maximum atomic E-state index is 9.74. The number of hydrogen-bond acceptors (Lipinski definition) is 6. The summed E-state index contributed by atoms with van der Waals surface area (Å²) < 4.78 is 12.8. The van der Waals surface area contributed by atoms with Crippen molar-refractivity contribution in [3.8, 4) is 29.3 Å². The van der Waals surface area contributed by atoms with Gasteiger partial charge in [0.1, 0.15) is 29.2 Å². The third-order valence-electron chi connectivity index (χ3n) is 4.18. The number of rotatable bonds is 5. The van der Waals surface area contributed by atoms with Crippen LogP contribution in [-0.4, -0.2) is 24.0 Å². The SMILES string of the molecule is COc1cc(/C=C(\C#N)c2nn(-c3ccccc3)c(N)c2C#N)cc(Br)c1OC. The summed E-state index contributed by atoms with van der Waals surface area (Å²) in [6.07, 6.45) is 1.62. The summed E-state index contributed by atoms with van der Waals surface area (Å²) in [6.45, 7) is 0. The third kappa shape index (κ3) is 3.79. The molecular weight excluding hydrogens is 434 g/mol. The van der Waals surface area contributed by atoms with Gasteiger partial charge in [0.25, 0.3) is 0 Å². The van der Waals surface area contributed by atoms with Gasteiger partial charge in [-0.3, -0.25) is 0 Å². The fraction of sp³-hybridized carbons (Fsp3) is 0.0952. The molecule has 1 heterocycles. The summed E-state index contributed by atoms with van der Waals surface area (Å²) in [5, 5.41) is 23.8. The molecule has 3 aromatic rings. The summed E-state index contributed by atoms with van der Waals surface area (Å²) in [6, 6.07) is 16.8. The molecule has 0 aliphatic carbocycles. The molecule has 0 aliphatic rings. The van der Waals surface area contributed by atoms with Crippen LogP contribution in [0, 0.1) is 22.7 Å². The smallest absolute Gasteiger partial charge is 0.174 e. The van der Waals surface area contributed by atoms with Crippen LogP contribution in [0.3, 0.4) is 0 Å². The van der Waals surface area contributed by atoms with E-state index in [1.807, 2.05) is 30.3 Å². The third-order valence-corrected chi connectivity index (χ3v) is 4.77. The van der Waals surface area contributed by atoms with E-state index in [1.165, 1.54) is 18.9 Å². The molecule has 8 heteroatoms. The lowest BCUT2D eigenvalue weighted by atomic mass is 10.1. The van der Waals surface area contributed by atoms with Crippen LogP contribution in [0.5, 0.6) is 11.5 Å². The minimum atomic E-state index is 0.140. The Balaban J connectivity index is 2.16. The van der Waals surface area contributed by atoms with Crippen molar-refractivity contribution < 1.29 is 9.47 Å². The Bertz CT molecular complexity index is 1170. The first kappa shape index (κ1) is 20.0. The van der Waals surface area contributed by atoms with E-state index in [0.717, 1.165) is 0 Å². The average Bonchev–Trinajstić information content (AvgIpc) is 3.08. The number of allylic oxidation sites excluding steroid dienone is 1. The zero-order valence-corrected chi connectivity index (χ0v) is 17.3. The minimum Gasteiger partial charge on any atom is -0.493 e. The number of nitrogens with zero attached hydrogens (tertiary/aromatic N) is 4. The zero-order valence-electron chi connectivity index (χ0n) is 15.7. The van der Waals surface area contributed by atoms with Gasteiger partial charge in [-0.1, -0.05) is 18.2 Å². The molecule has 0 fully saturated rings. The number of hydrogen-bond donors (Lipinski definition) is 1. The molecule has 0 atom stereocenters. The molecule has 2 aromatic carbocycles. The second kappa shape index (κ2) is 8.51. The number of halogens is 1. The van der Waals surface area contributed by atoms with Crippen molar-refractivity contribution in [2.75, 3.05) is 20.0 Å². The van der Waals surface area contributed by atoms with E-state index in [0.29, 0.717) is 27.2 Å². The second-order valence-electron chi connectivity index (χ2n) is 5.88. The summed E-state index contributed by atoms with van der Waals surface area (Å²) in [5.41, 5.74) is 8.05. The van der Waals surface area contributed by atoms with Gasteiger partial charge < -0.3 is 15.2 Å². The summed E-state index contributed by atoms with van der Waals surface area (Å²) in [7, 11) is 3.07. The fourth-order valence-electron chi connectivity index (χ4n) is 2.84. The van der Waals surface area contributed by atoms with E-state index < -0.39 is 0 Å². The highest BCUT2D eigenvalue weighted by Gasteiger charge is 2.20. The molecule has 2 N–H and O–H groups in total. The van der Waals surface area contributed by atoms with Gasteiger partial charge in [-0.25, -0.2) is 4.68 Å². The lowest BCUT2D eigenvalue weighted by Gasteiger charge is -2.10. The molecule has 0 saturated carbocycles. The molecule has 0 unspecified atom stereocenters. The molecule has 144 valence electrons. The van der Waals surface area contributed by atoms with E-state index in [9.17, 15) is 10.5 Å². The Morgan fingerprint density at radius 1 is 1.17 bits per heavy atom. The zero-order chi connectivity index (χ0) is 21.0. The molecule has 0 spiro atoms. The Morgan fingerprint density at radius 3 is 2.48 bits per heavy atom. The van der Waals surface area contributed by atoms with E-state index in [-0.39, 0.29) is 22.6 Å². The maximum absolute atomic E-state index is 9.74. The molecule has 7 nitrogen and oxygen atoms in total. The number of nitrogen functional groups attached to an aromatic ring is 1. The van der Waals surface area contributed by atoms with E-state index in [4.69, 9.17) is 15.2 Å². The van der Waals surface area contributed by atoms with Gasteiger partial charge in [-0.15, -0.1) is 0 Å². The average molecular weight is 450 g/mol. The highest BCUT2D eigenvalue weighted by Crippen LogP contribution is 2.37. The molecule has 3 rings (SSSR count). The number of anilines is 1. The predicted molar refractivity (Wildman–Crippen MR) is 113 cm³/mol. The second-order valence-corrected chi connectivity index (χ2v) is 6.73. The fourth-order valence-corrected chi connectivity index (χ4v) is 3.46. The number of para-hydroxylation sites is 1. The van der Waals surface area contributed by atoms with E-state index >= 15 is 0 Å². The topological polar surface area (TPSA) is 110 Å². The van der Waals surface area contributed by atoms with Crippen LogP contribution in [-0.2, 0) is 0 Å². The van der Waals surface area contributed by atoms with Gasteiger partial charge in [-0.05, 0) is 51.8 Å². The molecule has 0 amide bonds. The number of nitriles is 2. The van der Waals surface area contributed by atoms with Gasteiger partial charge in [0.2, 0.25) is 0 Å². The van der Waals surface area contributed by atoms with E-state index in [1.54, 1.807) is 18.2 Å². The van der Waals surface area contributed by atoms with Gasteiger partial charge in [0.05, 0.1) is 30.0 Å². The van der Waals surface area contributed by atoms with Crippen LogP contribution in [0.1, 0.15) is 16.8 Å². The van der Waals surface area contributed by atoms with E-state index in [2.05, 4.69) is 33.2 Å². The summed E-state index contributed by atoms with van der Waals surface area (Å²) in [4.78, 5) is 0. The van der Waals surface area contributed by atoms with Crippen molar-refractivity contribution in [2.24, 2.45) is 0 Å². The summed E-state index contributed by atoms with van der Waals surface area (Å²) >= 11 is 3.43. The van der Waals surface area contributed by atoms with Gasteiger partial charge in [-0.2, -0.15) is 15.6 Å². The first-order chi connectivity index (χ1) is 14.0. The monoisotopic (exact) mass is 449 g/mol. The lowest BCUT2D eigenvalue weighted by molar-refractivity contribution is 0.353. The van der Waals surface area contributed by atoms with Crippen LogP contribution in [0.2, 0.25) is 0 Å². The lowest BCUT2D eigenvalue weighted by Crippen LogP contribution is -2.02. The van der Waals surface area contributed by atoms with Crippen molar-refractivity contribution in [3.63, 3.8) is 0 Å². The van der Waals surface area contributed by atoms with Crippen LogP contribution in [0.15, 0.2) is 46.9 Å². The number of aromatic nitrogens is 2. The van der Waals surface area contributed by atoms with Crippen molar-refractivity contribution in [3.05, 3.63) is 63.8 Å². The Labute approximate surface area is 176 Å². The molecule has 0 aliphatic heterocycles. The van der Waals surface area contributed by atoms with Crippen LogP contribution < -0.4 is 15.2 Å². The van der Waals surface area contributed by atoms with Crippen LogP contribution >= 0.6 is 15.9 Å². The van der Waals surface area contributed by atoms with Crippen molar-refractivity contribution in [2.45, 2.75) is 0 Å². The quantitative estimate of drug-likeness (QED) is 0.585. The number of nitrogens with two attached hydrogens (primary N) is 1. The van der Waals surface area contributed by atoms with Crippen molar-refractivity contribution >= 4 is 33.4 Å². The normalized spacial score (nSPS) is 10.9.